The maximum Gasteiger partial charge on any atom is 0.184 e. The Morgan fingerprint density at radius 3 is 2.77 bits per heavy atom. The molecule has 0 fully saturated rings. The smallest absolute Gasteiger partial charge is 0.184 e. The van der Waals surface area contributed by atoms with Crippen molar-refractivity contribution in [2.24, 2.45) is 0 Å². The van der Waals surface area contributed by atoms with Crippen molar-refractivity contribution in [3.8, 4) is 0 Å². The molecule has 0 saturated heterocycles. The van der Waals surface area contributed by atoms with E-state index in [0.29, 0.717) is 37.6 Å². The summed E-state index contributed by atoms with van der Waals surface area (Å²) in [5.41, 5.74) is 2.56. The first-order valence-electron chi connectivity index (χ1n) is 8.76. The molecule has 3 rings (SSSR count). The molecule has 3 aromatic rings. The van der Waals surface area contributed by atoms with E-state index in [1.165, 1.54) is 0 Å². The molecule has 1 N–H and O–H groups in total. The van der Waals surface area contributed by atoms with Gasteiger partial charge in [0.15, 0.2) is 17.0 Å². The highest BCUT2D eigenvalue weighted by atomic mass is 16.5. The summed E-state index contributed by atoms with van der Waals surface area (Å²) in [4.78, 5) is 9.32. The molecule has 2 heterocycles. The fourth-order valence-electron chi connectivity index (χ4n) is 2.53. The highest BCUT2D eigenvalue weighted by molar-refractivity contribution is 5.82. The Morgan fingerprint density at radius 2 is 2.04 bits per heavy atom. The van der Waals surface area contributed by atoms with Crippen LogP contribution in [0.2, 0.25) is 0 Å². The average Bonchev–Trinajstić information content (AvgIpc) is 3.05. The molecule has 0 spiro atoms. The standard InChI is InChI=1S/C19H24N6O/c1-4-11-26-12-10-20-18-16-19(22-17(21-18)14(2)3)25(24-23-16)13-15-8-6-5-7-9-15/h4-9,14H,1,10-13H2,2-3H3,(H,20,21,22). The van der Waals surface area contributed by atoms with Crippen LogP contribution in [0.5, 0.6) is 0 Å². The number of hydrogen-bond acceptors (Lipinski definition) is 6. The van der Waals surface area contributed by atoms with Gasteiger partial charge in [0, 0.05) is 12.5 Å². The normalized spacial score (nSPS) is 11.2. The third kappa shape index (κ3) is 4.23. The largest absolute Gasteiger partial charge is 0.376 e. The van der Waals surface area contributed by atoms with Crippen LogP contribution in [-0.4, -0.2) is 44.7 Å². The van der Waals surface area contributed by atoms with Crippen molar-refractivity contribution in [1.29, 1.82) is 0 Å². The lowest BCUT2D eigenvalue weighted by Gasteiger charge is -2.10. The van der Waals surface area contributed by atoms with E-state index in [1.54, 1.807) is 6.08 Å². The average molecular weight is 352 g/mol. The quantitative estimate of drug-likeness (QED) is 0.471. The van der Waals surface area contributed by atoms with Crippen molar-refractivity contribution in [3.63, 3.8) is 0 Å². The van der Waals surface area contributed by atoms with Gasteiger partial charge in [-0.15, -0.1) is 11.7 Å². The van der Waals surface area contributed by atoms with E-state index in [1.807, 2.05) is 22.9 Å². The Kier molecular flexibility index (Phi) is 5.91. The summed E-state index contributed by atoms with van der Waals surface area (Å²) in [5.74, 6) is 1.67. The third-order valence-electron chi connectivity index (χ3n) is 3.85. The summed E-state index contributed by atoms with van der Waals surface area (Å²) < 4.78 is 7.23. The molecule has 0 amide bonds. The zero-order valence-electron chi connectivity index (χ0n) is 15.2. The Hall–Kier alpha value is -2.80. The lowest BCUT2D eigenvalue weighted by atomic mass is 10.2. The summed E-state index contributed by atoms with van der Waals surface area (Å²) in [5, 5.41) is 11.9. The minimum Gasteiger partial charge on any atom is -0.376 e. The van der Waals surface area contributed by atoms with Crippen LogP contribution in [0.4, 0.5) is 5.82 Å². The van der Waals surface area contributed by atoms with Gasteiger partial charge in [0.05, 0.1) is 19.8 Å². The Labute approximate surface area is 153 Å². The van der Waals surface area contributed by atoms with Crippen LogP contribution in [0.1, 0.15) is 31.2 Å². The zero-order chi connectivity index (χ0) is 18.4. The lowest BCUT2D eigenvalue weighted by Crippen LogP contribution is -2.13. The first kappa shape index (κ1) is 18.0. The fourth-order valence-corrected chi connectivity index (χ4v) is 2.53. The number of ether oxygens (including phenoxy) is 1. The van der Waals surface area contributed by atoms with E-state index >= 15 is 0 Å². The van der Waals surface area contributed by atoms with Crippen LogP contribution in [0.3, 0.4) is 0 Å². The molecule has 7 heteroatoms. The number of benzene rings is 1. The first-order valence-corrected chi connectivity index (χ1v) is 8.76. The molecule has 0 atom stereocenters. The maximum atomic E-state index is 5.41. The van der Waals surface area contributed by atoms with Crippen LogP contribution in [0.25, 0.3) is 11.2 Å². The highest BCUT2D eigenvalue weighted by Gasteiger charge is 2.16. The molecule has 0 radical (unpaired) electrons. The summed E-state index contributed by atoms with van der Waals surface area (Å²) in [7, 11) is 0. The monoisotopic (exact) mass is 352 g/mol. The highest BCUT2D eigenvalue weighted by Crippen LogP contribution is 2.21. The number of nitrogens with zero attached hydrogens (tertiary/aromatic N) is 5. The van der Waals surface area contributed by atoms with Gasteiger partial charge in [0.1, 0.15) is 5.82 Å². The summed E-state index contributed by atoms with van der Waals surface area (Å²) >= 11 is 0. The molecular weight excluding hydrogens is 328 g/mol. The summed E-state index contributed by atoms with van der Waals surface area (Å²) in [6.07, 6.45) is 1.73. The van der Waals surface area contributed by atoms with Gasteiger partial charge in [0.25, 0.3) is 0 Å². The minimum atomic E-state index is 0.206. The van der Waals surface area contributed by atoms with E-state index in [2.05, 4.69) is 53.2 Å². The van der Waals surface area contributed by atoms with Crippen molar-refractivity contribution in [2.45, 2.75) is 26.3 Å². The van der Waals surface area contributed by atoms with E-state index in [9.17, 15) is 0 Å². The van der Waals surface area contributed by atoms with Crippen molar-refractivity contribution in [1.82, 2.24) is 25.0 Å². The fraction of sp³-hybridized carbons (Fsp3) is 0.368. The van der Waals surface area contributed by atoms with Crippen molar-refractivity contribution >= 4 is 17.0 Å². The van der Waals surface area contributed by atoms with Gasteiger partial charge in [-0.2, -0.15) is 0 Å². The first-order chi connectivity index (χ1) is 12.7. The van der Waals surface area contributed by atoms with Crippen LogP contribution >= 0.6 is 0 Å². The van der Waals surface area contributed by atoms with Gasteiger partial charge in [-0.25, -0.2) is 14.6 Å². The Bertz CT molecular complexity index is 859. The molecule has 0 aliphatic heterocycles. The Balaban J connectivity index is 1.88. The van der Waals surface area contributed by atoms with Crippen molar-refractivity contribution in [2.75, 3.05) is 25.1 Å². The van der Waals surface area contributed by atoms with Crippen molar-refractivity contribution < 1.29 is 4.74 Å². The van der Waals surface area contributed by atoms with E-state index < -0.39 is 0 Å². The minimum absolute atomic E-state index is 0.206. The molecule has 0 unspecified atom stereocenters. The molecule has 0 bridgehead atoms. The molecule has 136 valence electrons. The topological polar surface area (TPSA) is 77.8 Å². The lowest BCUT2D eigenvalue weighted by molar-refractivity contribution is 0.173. The molecule has 1 aromatic carbocycles. The number of aromatic nitrogens is 5. The van der Waals surface area contributed by atoms with Gasteiger partial charge in [0.2, 0.25) is 0 Å². The van der Waals surface area contributed by atoms with E-state index in [4.69, 9.17) is 9.72 Å². The summed E-state index contributed by atoms with van der Waals surface area (Å²) in [6, 6.07) is 10.2. The predicted molar refractivity (Wildman–Crippen MR) is 102 cm³/mol. The number of anilines is 1. The number of fused-ring (bicyclic) bond motifs is 1. The van der Waals surface area contributed by atoms with Gasteiger partial charge in [-0.1, -0.05) is 55.5 Å². The predicted octanol–water partition coefficient (Wildman–Crippen LogP) is 3.01. The Morgan fingerprint density at radius 1 is 1.23 bits per heavy atom. The van der Waals surface area contributed by atoms with Crippen LogP contribution in [-0.2, 0) is 11.3 Å². The van der Waals surface area contributed by atoms with Gasteiger partial charge in [-0.05, 0) is 5.56 Å². The molecule has 0 saturated carbocycles. The molecule has 2 aromatic heterocycles. The van der Waals surface area contributed by atoms with Gasteiger partial charge >= 0.3 is 0 Å². The number of nitrogens with one attached hydrogen (secondary N) is 1. The second-order valence-electron chi connectivity index (χ2n) is 6.28. The molecule has 0 aliphatic carbocycles. The number of hydrogen-bond donors (Lipinski definition) is 1. The van der Waals surface area contributed by atoms with E-state index in [0.717, 1.165) is 17.0 Å². The molecule has 0 aliphatic rings. The second kappa shape index (κ2) is 8.53. The molecule has 7 nitrogen and oxygen atoms in total. The van der Waals surface area contributed by atoms with Crippen molar-refractivity contribution in [3.05, 3.63) is 54.4 Å². The third-order valence-corrected chi connectivity index (χ3v) is 3.85. The van der Waals surface area contributed by atoms with E-state index in [-0.39, 0.29) is 5.92 Å². The van der Waals surface area contributed by atoms with Crippen LogP contribution < -0.4 is 5.32 Å². The van der Waals surface area contributed by atoms with Crippen LogP contribution in [0.15, 0.2) is 43.0 Å². The number of rotatable bonds is 9. The molecular formula is C19H24N6O. The maximum absolute atomic E-state index is 5.41. The van der Waals surface area contributed by atoms with Gasteiger partial charge in [-0.3, -0.25) is 0 Å². The zero-order valence-corrected chi connectivity index (χ0v) is 15.2. The van der Waals surface area contributed by atoms with Crippen LogP contribution in [0, 0.1) is 0 Å². The second-order valence-corrected chi connectivity index (χ2v) is 6.28. The summed E-state index contributed by atoms with van der Waals surface area (Å²) in [6.45, 7) is 10.1. The SMILES string of the molecule is C=CCOCCNc1nc(C(C)C)nc2c1nnn2Cc1ccccc1. The van der Waals surface area contributed by atoms with Gasteiger partial charge < -0.3 is 10.1 Å². The molecule has 26 heavy (non-hydrogen) atoms.